The van der Waals surface area contributed by atoms with Crippen molar-refractivity contribution >= 4 is 5.91 Å². The second kappa shape index (κ2) is 5.91. The molecule has 0 radical (unpaired) electrons. The Morgan fingerprint density at radius 1 is 1.44 bits per heavy atom. The van der Waals surface area contributed by atoms with Crippen LogP contribution in [0.25, 0.3) is 0 Å². The smallest absolute Gasteiger partial charge is 0.289 e. The van der Waals surface area contributed by atoms with Crippen LogP contribution in [0.4, 0.5) is 0 Å². The molecule has 0 aliphatic heterocycles. The number of nitrogens with one attached hydrogen (secondary N) is 1. The summed E-state index contributed by atoms with van der Waals surface area (Å²) in [6, 6.07) is 0. The Balaban J connectivity index is 2.82. The van der Waals surface area contributed by atoms with Crippen LogP contribution in [0.1, 0.15) is 22.4 Å². The lowest BCUT2D eigenvalue weighted by Crippen LogP contribution is -2.35. The first-order valence-corrected chi connectivity index (χ1v) is 5.30. The molecule has 1 rings (SSSR count). The van der Waals surface area contributed by atoms with E-state index in [1.165, 1.54) is 11.1 Å². The number of aliphatic hydroxyl groups is 4. The van der Waals surface area contributed by atoms with Crippen molar-refractivity contribution in [1.29, 1.82) is 0 Å². The van der Waals surface area contributed by atoms with Crippen LogP contribution in [0, 0.1) is 0 Å². The summed E-state index contributed by atoms with van der Waals surface area (Å²) in [5.41, 5.74) is 0.0835. The van der Waals surface area contributed by atoms with Crippen LogP contribution in [-0.2, 0) is 0 Å². The number of hydrogen-bond acceptors (Lipinski definition) is 6. The third-order valence-corrected chi connectivity index (χ3v) is 2.43. The summed E-state index contributed by atoms with van der Waals surface area (Å²) in [5, 5.41) is 37.1. The van der Waals surface area contributed by atoms with Crippen LogP contribution in [0.3, 0.4) is 0 Å². The molecule has 0 aliphatic carbocycles. The third kappa shape index (κ3) is 3.05. The van der Waals surface area contributed by atoms with Gasteiger partial charge in [-0.15, -0.1) is 0 Å². The summed E-state index contributed by atoms with van der Waals surface area (Å²) in [6.07, 6.45) is -3.33. The number of aromatic nitrogens is 2. The zero-order valence-electron chi connectivity index (χ0n) is 10.1. The highest BCUT2D eigenvalue weighted by Gasteiger charge is 2.27. The Labute approximate surface area is 104 Å². The molecular formula is C10H17N3O5. The van der Waals surface area contributed by atoms with Crippen molar-refractivity contribution in [2.45, 2.75) is 18.3 Å². The van der Waals surface area contributed by atoms with Crippen LogP contribution in [0.5, 0.6) is 0 Å². The van der Waals surface area contributed by atoms with E-state index >= 15 is 0 Å². The normalized spacial score (nSPS) is 16.1. The van der Waals surface area contributed by atoms with Gasteiger partial charge in [0.2, 0.25) is 0 Å². The zero-order valence-corrected chi connectivity index (χ0v) is 10.1. The Morgan fingerprint density at radius 2 is 2.06 bits per heavy atom. The van der Waals surface area contributed by atoms with E-state index in [0.29, 0.717) is 0 Å². The maximum atomic E-state index is 11.5. The molecule has 0 spiro atoms. The maximum absolute atomic E-state index is 11.5. The number of imidazole rings is 1. The molecule has 1 aromatic rings. The Hall–Kier alpha value is -1.48. The van der Waals surface area contributed by atoms with E-state index in [9.17, 15) is 20.1 Å². The van der Waals surface area contributed by atoms with Crippen molar-refractivity contribution in [3.8, 4) is 0 Å². The molecule has 0 aliphatic rings. The number of H-pyrrole nitrogens is 1. The van der Waals surface area contributed by atoms with E-state index < -0.39 is 24.9 Å². The van der Waals surface area contributed by atoms with Gasteiger partial charge in [-0.05, 0) is 0 Å². The van der Waals surface area contributed by atoms with Gasteiger partial charge in [-0.3, -0.25) is 4.79 Å². The molecule has 0 fully saturated rings. The van der Waals surface area contributed by atoms with Crippen molar-refractivity contribution in [3.63, 3.8) is 0 Å². The van der Waals surface area contributed by atoms with Crippen molar-refractivity contribution in [1.82, 2.24) is 14.9 Å². The summed E-state index contributed by atoms with van der Waals surface area (Å²) in [4.78, 5) is 19.2. The second-order valence-electron chi connectivity index (χ2n) is 4.07. The van der Waals surface area contributed by atoms with Crippen LogP contribution in [0.15, 0.2) is 6.20 Å². The number of rotatable bonds is 5. The van der Waals surface area contributed by atoms with E-state index in [1.807, 2.05) is 0 Å². The molecule has 3 atom stereocenters. The monoisotopic (exact) mass is 259 g/mol. The van der Waals surface area contributed by atoms with Crippen molar-refractivity contribution in [2.75, 3.05) is 20.7 Å². The average molecular weight is 259 g/mol. The molecule has 0 saturated heterocycles. The fourth-order valence-electron chi connectivity index (χ4n) is 1.31. The molecule has 18 heavy (non-hydrogen) atoms. The highest BCUT2D eigenvalue weighted by molar-refractivity contribution is 5.90. The summed E-state index contributed by atoms with van der Waals surface area (Å²) >= 11 is 0. The Bertz CT molecular complexity index is 406. The van der Waals surface area contributed by atoms with E-state index in [1.54, 1.807) is 14.1 Å². The van der Waals surface area contributed by atoms with Gasteiger partial charge >= 0.3 is 0 Å². The quantitative estimate of drug-likeness (QED) is 0.410. The van der Waals surface area contributed by atoms with E-state index in [-0.39, 0.29) is 17.4 Å². The van der Waals surface area contributed by atoms with Gasteiger partial charge in [-0.1, -0.05) is 0 Å². The molecule has 0 unspecified atom stereocenters. The van der Waals surface area contributed by atoms with Crippen LogP contribution in [0.2, 0.25) is 0 Å². The number of aliphatic hydroxyl groups excluding tert-OH is 4. The van der Waals surface area contributed by atoms with Crippen LogP contribution in [-0.4, -0.2) is 74.1 Å². The summed E-state index contributed by atoms with van der Waals surface area (Å²) in [7, 11) is 3.09. The van der Waals surface area contributed by atoms with Crippen molar-refractivity contribution in [2.24, 2.45) is 0 Å². The Morgan fingerprint density at radius 3 is 2.56 bits per heavy atom. The second-order valence-corrected chi connectivity index (χ2v) is 4.07. The Kier molecular flexibility index (Phi) is 4.79. The molecule has 8 heteroatoms. The number of hydrogen-bond donors (Lipinski definition) is 5. The molecule has 1 heterocycles. The van der Waals surface area contributed by atoms with Gasteiger partial charge in [-0.2, -0.15) is 0 Å². The van der Waals surface area contributed by atoms with Gasteiger partial charge in [0.1, 0.15) is 18.3 Å². The zero-order chi connectivity index (χ0) is 13.9. The van der Waals surface area contributed by atoms with E-state index in [4.69, 9.17) is 5.11 Å². The molecule has 0 saturated carbocycles. The summed E-state index contributed by atoms with van der Waals surface area (Å²) in [5.74, 6) is -0.370. The topological polar surface area (TPSA) is 130 Å². The number of carbonyl (C=O) groups excluding carboxylic acids is 1. The number of aromatic amines is 1. The van der Waals surface area contributed by atoms with Gasteiger partial charge in [0, 0.05) is 14.1 Å². The summed E-state index contributed by atoms with van der Waals surface area (Å²) in [6.45, 7) is -0.685. The van der Waals surface area contributed by atoms with Gasteiger partial charge in [0.05, 0.1) is 18.5 Å². The van der Waals surface area contributed by atoms with Gasteiger partial charge in [0.15, 0.2) is 5.82 Å². The largest absolute Gasteiger partial charge is 0.394 e. The third-order valence-electron chi connectivity index (χ3n) is 2.43. The predicted molar refractivity (Wildman–Crippen MR) is 60.7 cm³/mol. The maximum Gasteiger partial charge on any atom is 0.289 e. The fraction of sp³-hybridized carbons (Fsp3) is 0.600. The van der Waals surface area contributed by atoms with Crippen molar-refractivity contribution < 1.29 is 25.2 Å². The minimum atomic E-state index is -1.57. The van der Waals surface area contributed by atoms with Gasteiger partial charge in [0.25, 0.3) is 5.91 Å². The highest BCUT2D eigenvalue weighted by Crippen LogP contribution is 2.17. The van der Waals surface area contributed by atoms with Gasteiger partial charge in [-0.25, -0.2) is 4.98 Å². The summed E-state index contributed by atoms with van der Waals surface area (Å²) < 4.78 is 0. The molecular weight excluding hydrogens is 242 g/mol. The highest BCUT2D eigenvalue weighted by atomic mass is 16.4. The first kappa shape index (κ1) is 14.6. The minimum Gasteiger partial charge on any atom is -0.394 e. The lowest BCUT2D eigenvalue weighted by atomic mass is 10.1. The minimum absolute atomic E-state index is 0.0136. The first-order chi connectivity index (χ1) is 8.38. The average Bonchev–Trinajstić information content (AvgIpc) is 2.84. The fourth-order valence-corrected chi connectivity index (χ4v) is 1.31. The van der Waals surface area contributed by atoms with E-state index in [0.717, 1.165) is 0 Å². The lowest BCUT2D eigenvalue weighted by Gasteiger charge is -2.20. The van der Waals surface area contributed by atoms with Gasteiger partial charge < -0.3 is 30.3 Å². The SMILES string of the molecule is CN(C)C(=O)c1ncc([C@@H](O)[C@H](O)[C@H](O)CO)[nH]1. The molecule has 0 aromatic carbocycles. The molecule has 1 aromatic heterocycles. The standard InChI is InChI=1S/C10H17N3O5/c1-13(2)10(18)9-11-3-5(12-9)7(16)8(17)6(15)4-14/h3,6-8,14-17H,4H2,1-2H3,(H,11,12)/t6-,7-,8-/m1/s1. The van der Waals surface area contributed by atoms with E-state index in [2.05, 4.69) is 9.97 Å². The number of nitrogens with zero attached hydrogens (tertiary/aromatic N) is 2. The van der Waals surface area contributed by atoms with Crippen LogP contribution >= 0.6 is 0 Å². The molecule has 1 amide bonds. The molecule has 102 valence electrons. The van der Waals surface area contributed by atoms with Crippen molar-refractivity contribution in [3.05, 3.63) is 17.7 Å². The molecule has 8 nitrogen and oxygen atoms in total. The predicted octanol–water partition coefficient (Wildman–Crippen LogP) is -2.14. The first-order valence-electron chi connectivity index (χ1n) is 5.30. The lowest BCUT2D eigenvalue weighted by molar-refractivity contribution is -0.0788. The molecule has 5 N–H and O–H groups in total. The molecule has 0 bridgehead atoms. The van der Waals surface area contributed by atoms with Crippen LogP contribution < -0.4 is 0 Å². The number of carbonyl (C=O) groups is 1. The number of amides is 1.